The highest BCUT2D eigenvalue weighted by atomic mass is 35.5. The first-order valence-electron chi connectivity index (χ1n) is 6.17. The van der Waals surface area contributed by atoms with Crippen molar-refractivity contribution in [2.75, 3.05) is 26.6 Å². The lowest BCUT2D eigenvalue weighted by Gasteiger charge is -2.12. The fourth-order valence-corrected chi connectivity index (χ4v) is 1.96. The molecular formula is C14H16ClN3O3. The fraction of sp³-hybridized carbons (Fsp3) is 0.286. The molecule has 1 aromatic heterocycles. The predicted octanol–water partition coefficient (Wildman–Crippen LogP) is 3.04. The summed E-state index contributed by atoms with van der Waals surface area (Å²) in [5, 5.41) is 3.48. The second-order valence-corrected chi connectivity index (χ2v) is 4.50. The highest BCUT2D eigenvalue weighted by molar-refractivity contribution is 6.29. The first-order chi connectivity index (χ1) is 10.2. The molecule has 0 aliphatic carbocycles. The highest BCUT2D eigenvalue weighted by Gasteiger charge is 2.08. The summed E-state index contributed by atoms with van der Waals surface area (Å²) in [5.41, 5.74) is 0.747. The van der Waals surface area contributed by atoms with Gasteiger partial charge in [-0.1, -0.05) is 11.6 Å². The monoisotopic (exact) mass is 309 g/mol. The quantitative estimate of drug-likeness (QED) is 0.827. The Bertz CT molecular complexity index is 622. The number of nitrogens with one attached hydrogen (secondary N) is 1. The number of halogens is 1. The summed E-state index contributed by atoms with van der Waals surface area (Å²) in [6, 6.07) is 7.07. The van der Waals surface area contributed by atoms with Gasteiger partial charge in [-0.05, 0) is 12.1 Å². The van der Waals surface area contributed by atoms with Crippen molar-refractivity contribution in [2.24, 2.45) is 0 Å². The fourth-order valence-electron chi connectivity index (χ4n) is 1.76. The molecule has 0 bridgehead atoms. The maximum absolute atomic E-state index is 5.98. The normalized spacial score (nSPS) is 10.3. The molecule has 2 rings (SSSR count). The van der Waals surface area contributed by atoms with Crippen LogP contribution < -0.4 is 14.8 Å². The van der Waals surface area contributed by atoms with Gasteiger partial charge in [-0.3, -0.25) is 0 Å². The molecule has 112 valence electrons. The van der Waals surface area contributed by atoms with Gasteiger partial charge in [-0.15, -0.1) is 0 Å². The van der Waals surface area contributed by atoms with Crippen molar-refractivity contribution in [2.45, 2.75) is 6.61 Å². The van der Waals surface area contributed by atoms with Crippen LogP contribution in [0.2, 0.25) is 5.15 Å². The van der Waals surface area contributed by atoms with E-state index in [1.807, 2.05) is 12.1 Å². The van der Waals surface area contributed by atoms with Gasteiger partial charge in [0.25, 0.3) is 0 Å². The SMILES string of the molecule is COCc1nc(Cl)cc(Nc2ccc(OC)cc2OC)n1. The van der Waals surface area contributed by atoms with E-state index in [9.17, 15) is 0 Å². The zero-order valence-corrected chi connectivity index (χ0v) is 12.8. The van der Waals surface area contributed by atoms with Gasteiger partial charge in [-0.2, -0.15) is 0 Å². The molecule has 2 aromatic rings. The van der Waals surface area contributed by atoms with Gasteiger partial charge >= 0.3 is 0 Å². The van der Waals surface area contributed by atoms with Crippen molar-refractivity contribution in [3.63, 3.8) is 0 Å². The van der Waals surface area contributed by atoms with E-state index in [4.69, 9.17) is 25.8 Å². The van der Waals surface area contributed by atoms with Gasteiger partial charge < -0.3 is 19.5 Å². The van der Waals surface area contributed by atoms with Gasteiger partial charge in [0, 0.05) is 19.2 Å². The third kappa shape index (κ3) is 3.96. The number of hydrogen-bond donors (Lipinski definition) is 1. The molecule has 0 unspecified atom stereocenters. The molecular weight excluding hydrogens is 294 g/mol. The first kappa shape index (κ1) is 15.3. The lowest BCUT2D eigenvalue weighted by Crippen LogP contribution is -2.02. The molecule has 1 N–H and O–H groups in total. The topological polar surface area (TPSA) is 65.5 Å². The van der Waals surface area contributed by atoms with Crippen LogP contribution in [0, 0.1) is 0 Å². The van der Waals surface area contributed by atoms with Crippen LogP contribution in [-0.4, -0.2) is 31.3 Å². The molecule has 1 aromatic carbocycles. The molecule has 0 aliphatic heterocycles. The van der Waals surface area contributed by atoms with E-state index in [-0.39, 0.29) is 6.61 Å². The molecule has 21 heavy (non-hydrogen) atoms. The van der Waals surface area contributed by atoms with Crippen LogP contribution in [0.1, 0.15) is 5.82 Å². The zero-order valence-electron chi connectivity index (χ0n) is 12.0. The smallest absolute Gasteiger partial charge is 0.158 e. The van der Waals surface area contributed by atoms with Crippen LogP contribution in [0.15, 0.2) is 24.3 Å². The Labute approximate surface area is 128 Å². The molecule has 0 atom stereocenters. The van der Waals surface area contributed by atoms with Crippen molar-refractivity contribution in [1.29, 1.82) is 0 Å². The Kier molecular flexibility index (Phi) is 5.19. The van der Waals surface area contributed by atoms with Crippen molar-refractivity contribution in [1.82, 2.24) is 9.97 Å². The highest BCUT2D eigenvalue weighted by Crippen LogP contribution is 2.31. The van der Waals surface area contributed by atoms with Gasteiger partial charge in [0.2, 0.25) is 0 Å². The minimum atomic E-state index is 0.287. The van der Waals surface area contributed by atoms with E-state index in [1.54, 1.807) is 33.5 Å². The molecule has 0 fully saturated rings. The average Bonchev–Trinajstić information content (AvgIpc) is 2.47. The van der Waals surface area contributed by atoms with Crippen LogP contribution in [0.4, 0.5) is 11.5 Å². The van der Waals surface area contributed by atoms with E-state index in [1.165, 1.54) is 0 Å². The molecule has 6 nitrogen and oxygen atoms in total. The number of nitrogens with zero attached hydrogens (tertiary/aromatic N) is 2. The second-order valence-electron chi connectivity index (χ2n) is 4.12. The van der Waals surface area contributed by atoms with Crippen LogP contribution in [-0.2, 0) is 11.3 Å². The molecule has 7 heteroatoms. The number of ether oxygens (including phenoxy) is 3. The van der Waals surface area contributed by atoms with Crippen LogP contribution in [0.5, 0.6) is 11.5 Å². The van der Waals surface area contributed by atoms with Gasteiger partial charge in [0.15, 0.2) is 5.82 Å². The molecule has 1 heterocycles. The van der Waals surface area contributed by atoms with E-state index < -0.39 is 0 Å². The maximum atomic E-state index is 5.98. The van der Waals surface area contributed by atoms with E-state index in [0.717, 1.165) is 5.69 Å². The van der Waals surface area contributed by atoms with E-state index in [0.29, 0.717) is 28.3 Å². The molecule has 0 radical (unpaired) electrons. The average molecular weight is 310 g/mol. The minimum Gasteiger partial charge on any atom is -0.497 e. The Morgan fingerprint density at radius 1 is 1.10 bits per heavy atom. The minimum absolute atomic E-state index is 0.287. The molecule has 0 spiro atoms. The first-order valence-corrected chi connectivity index (χ1v) is 6.55. The number of aromatic nitrogens is 2. The van der Waals surface area contributed by atoms with Crippen molar-refractivity contribution in [3.05, 3.63) is 35.2 Å². The Morgan fingerprint density at radius 2 is 1.90 bits per heavy atom. The summed E-state index contributed by atoms with van der Waals surface area (Å²) in [7, 11) is 4.76. The second kappa shape index (κ2) is 7.10. The molecule has 0 aliphatic rings. The van der Waals surface area contributed by atoms with Crippen LogP contribution in [0.3, 0.4) is 0 Å². The maximum Gasteiger partial charge on any atom is 0.158 e. The molecule has 0 saturated carbocycles. The number of benzene rings is 1. The van der Waals surface area contributed by atoms with Gasteiger partial charge in [-0.25, -0.2) is 9.97 Å². The Balaban J connectivity index is 2.29. The van der Waals surface area contributed by atoms with Gasteiger partial charge in [0.05, 0.1) is 19.9 Å². The number of rotatable bonds is 6. The molecule has 0 saturated heterocycles. The lowest BCUT2D eigenvalue weighted by atomic mass is 10.2. The number of hydrogen-bond acceptors (Lipinski definition) is 6. The molecule has 0 amide bonds. The summed E-state index contributed by atoms with van der Waals surface area (Å²) >= 11 is 5.98. The van der Waals surface area contributed by atoms with E-state index in [2.05, 4.69) is 15.3 Å². The predicted molar refractivity (Wildman–Crippen MR) is 80.6 cm³/mol. The lowest BCUT2D eigenvalue weighted by molar-refractivity contribution is 0.178. The van der Waals surface area contributed by atoms with Crippen LogP contribution in [0.25, 0.3) is 0 Å². The van der Waals surface area contributed by atoms with Crippen molar-refractivity contribution in [3.8, 4) is 11.5 Å². The third-order valence-electron chi connectivity index (χ3n) is 2.69. The summed E-state index contributed by atoms with van der Waals surface area (Å²) in [5.74, 6) is 2.40. The summed E-state index contributed by atoms with van der Waals surface area (Å²) in [6.07, 6.45) is 0. The number of methoxy groups -OCH3 is 3. The number of anilines is 2. The van der Waals surface area contributed by atoms with Crippen molar-refractivity contribution >= 4 is 23.1 Å². The Hall–Kier alpha value is -2.05. The summed E-state index contributed by atoms with van der Waals surface area (Å²) in [4.78, 5) is 8.39. The Morgan fingerprint density at radius 3 is 2.57 bits per heavy atom. The summed E-state index contributed by atoms with van der Waals surface area (Å²) < 4.78 is 15.5. The standard InChI is InChI=1S/C14H16ClN3O3/c1-19-8-14-17-12(15)7-13(18-14)16-10-5-4-9(20-2)6-11(10)21-3/h4-7H,8H2,1-3H3,(H,16,17,18). The van der Waals surface area contributed by atoms with Gasteiger partial charge in [0.1, 0.15) is 29.1 Å². The van der Waals surface area contributed by atoms with Crippen LogP contribution >= 0.6 is 11.6 Å². The largest absolute Gasteiger partial charge is 0.497 e. The zero-order chi connectivity index (χ0) is 15.2. The van der Waals surface area contributed by atoms with E-state index >= 15 is 0 Å². The summed E-state index contributed by atoms with van der Waals surface area (Å²) in [6.45, 7) is 0.287. The van der Waals surface area contributed by atoms with Crippen molar-refractivity contribution < 1.29 is 14.2 Å². The third-order valence-corrected chi connectivity index (χ3v) is 2.88.